The molecule has 0 saturated carbocycles. The van der Waals surface area contributed by atoms with Crippen molar-refractivity contribution in [1.29, 1.82) is 5.26 Å². The summed E-state index contributed by atoms with van der Waals surface area (Å²) in [6.07, 6.45) is 2.18. The quantitative estimate of drug-likeness (QED) is 0.508. The number of aromatic nitrogens is 3. The molecule has 3 aromatic rings. The lowest BCUT2D eigenvalue weighted by molar-refractivity contribution is -0.384. The van der Waals surface area contributed by atoms with Crippen molar-refractivity contribution in [1.82, 2.24) is 19.9 Å². The average Bonchev–Trinajstić information content (AvgIpc) is 3.10. The van der Waals surface area contributed by atoms with Gasteiger partial charge < -0.3 is 5.32 Å². The van der Waals surface area contributed by atoms with E-state index < -0.39 is 4.92 Å². The Kier molecular flexibility index (Phi) is 5.54. The van der Waals surface area contributed by atoms with Crippen molar-refractivity contribution >= 4 is 17.2 Å². The molecule has 0 radical (unpaired) electrons. The lowest BCUT2D eigenvalue weighted by Gasteiger charge is -2.15. The molecule has 1 aromatic carbocycles. The number of amides is 1. The van der Waals surface area contributed by atoms with Crippen LogP contribution >= 0.6 is 0 Å². The van der Waals surface area contributed by atoms with E-state index >= 15 is 0 Å². The summed E-state index contributed by atoms with van der Waals surface area (Å²) in [4.78, 5) is 27.4. The molecule has 2 aromatic heterocycles. The molecule has 0 spiro atoms. The number of nitro benzene ring substituents is 1. The molecule has 1 atom stereocenters. The zero-order chi connectivity index (χ0) is 21.1. The molecule has 2 heterocycles. The summed E-state index contributed by atoms with van der Waals surface area (Å²) in [5, 5.41) is 27.1. The highest BCUT2D eigenvalue weighted by Crippen LogP contribution is 2.20. The fraction of sp³-hybridized carbons (Fsp3) is 0.300. The number of nitriles is 1. The zero-order valence-corrected chi connectivity index (χ0v) is 16.3. The highest BCUT2D eigenvalue weighted by molar-refractivity contribution is 5.76. The molecular formula is C20H20N6O3. The Labute approximate surface area is 167 Å². The van der Waals surface area contributed by atoms with Crippen LogP contribution < -0.4 is 5.32 Å². The van der Waals surface area contributed by atoms with Gasteiger partial charge in [-0.2, -0.15) is 10.4 Å². The van der Waals surface area contributed by atoms with Gasteiger partial charge in [-0.3, -0.25) is 14.9 Å². The number of carbonyl (C=O) groups excluding carboxylic acids is 1. The molecule has 29 heavy (non-hydrogen) atoms. The highest BCUT2D eigenvalue weighted by Gasteiger charge is 2.16. The number of benzene rings is 1. The van der Waals surface area contributed by atoms with Gasteiger partial charge in [-0.15, -0.1) is 0 Å². The zero-order valence-electron chi connectivity index (χ0n) is 16.3. The van der Waals surface area contributed by atoms with Crippen molar-refractivity contribution in [3.8, 4) is 6.07 Å². The Balaban J connectivity index is 1.70. The van der Waals surface area contributed by atoms with E-state index in [4.69, 9.17) is 5.26 Å². The minimum absolute atomic E-state index is 0.00909. The molecule has 1 N–H and O–H groups in total. The van der Waals surface area contributed by atoms with Gasteiger partial charge in [0.05, 0.1) is 17.2 Å². The molecule has 0 fully saturated rings. The molecule has 0 bridgehead atoms. The van der Waals surface area contributed by atoms with Crippen LogP contribution in [0.15, 0.2) is 30.5 Å². The van der Waals surface area contributed by atoms with E-state index in [-0.39, 0.29) is 24.1 Å². The summed E-state index contributed by atoms with van der Waals surface area (Å²) in [5.74, 6) is -0.166. The van der Waals surface area contributed by atoms with Crippen LogP contribution in [0.4, 0.5) is 5.69 Å². The topological polar surface area (TPSA) is 126 Å². The second kappa shape index (κ2) is 8.06. The third-order valence-electron chi connectivity index (χ3n) is 4.89. The normalized spacial score (nSPS) is 11.8. The van der Waals surface area contributed by atoms with E-state index in [0.717, 1.165) is 17.0 Å². The smallest absolute Gasteiger partial charge is 0.269 e. The van der Waals surface area contributed by atoms with E-state index in [9.17, 15) is 14.9 Å². The highest BCUT2D eigenvalue weighted by atomic mass is 16.6. The summed E-state index contributed by atoms with van der Waals surface area (Å²) in [6, 6.07) is 7.94. The van der Waals surface area contributed by atoms with Crippen molar-refractivity contribution in [3.05, 3.63) is 68.7 Å². The van der Waals surface area contributed by atoms with E-state index in [1.807, 2.05) is 13.8 Å². The standard InChI is InChI=1S/C20H20N6O3/c1-12(15-5-4-6-17(9-15)26(28)29)23-19(27)8-7-18-13(2)24-20-16(10-21)11-22-25(20)14(18)3/h4-6,9,11-12H,7-8H2,1-3H3,(H,23,27). The average molecular weight is 392 g/mol. The SMILES string of the molecule is Cc1nc2c(C#N)cnn2c(C)c1CCC(=O)NC(C)c1cccc([N+](=O)[O-])c1. The van der Waals surface area contributed by atoms with Crippen LogP contribution in [-0.4, -0.2) is 25.4 Å². The molecule has 0 aliphatic heterocycles. The summed E-state index contributed by atoms with van der Waals surface area (Å²) >= 11 is 0. The number of hydrogen-bond donors (Lipinski definition) is 1. The first-order valence-electron chi connectivity index (χ1n) is 9.09. The lowest BCUT2D eigenvalue weighted by Crippen LogP contribution is -2.27. The summed E-state index contributed by atoms with van der Waals surface area (Å²) in [7, 11) is 0. The molecule has 9 nitrogen and oxygen atoms in total. The Hall–Kier alpha value is -3.80. The van der Waals surface area contributed by atoms with Gasteiger partial charge in [-0.05, 0) is 38.3 Å². The Bertz CT molecular complexity index is 1150. The van der Waals surface area contributed by atoms with Gasteiger partial charge in [0, 0.05) is 29.9 Å². The molecule has 3 rings (SSSR count). The maximum absolute atomic E-state index is 12.4. The van der Waals surface area contributed by atoms with Gasteiger partial charge in [-0.25, -0.2) is 9.50 Å². The van der Waals surface area contributed by atoms with Crippen LogP contribution in [0, 0.1) is 35.3 Å². The van der Waals surface area contributed by atoms with Gasteiger partial charge in [0.15, 0.2) is 5.65 Å². The van der Waals surface area contributed by atoms with Crippen LogP contribution in [0.5, 0.6) is 0 Å². The van der Waals surface area contributed by atoms with Crippen molar-refractivity contribution < 1.29 is 9.72 Å². The number of fused-ring (bicyclic) bond motifs is 1. The monoisotopic (exact) mass is 392 g/mol. The number of hydrogen-bond acceptors (Lipinski definition) is 6. The number of rotatable bonds is 6. The third-order valence-corrected chi connectivity index (χ3v) is 4.89. The fourth-order valence-electron chi connectivity index (χ4n) is 3.29. The maximum Gasteiger partial charge on any atom is 0.269 e. The van der Waals surface area contributed by atoms with Crippen LogP contribution in [0.3, 0.4) is 0 Å². The largest absolute Gasteiger partial charge is 0.350 e. The van der Waals surface area contributed by atoms with Gasteiger partial charge in [-0.1, -0.05) is 12.1 Å². The van der Waals surface area contributed by atoms with E-state index in [0.29, 0.717) is 23.2 Å². The molecule has 0 aliphatic carbocycles. The molecule has 1 unspecified atom stereocenters. The molecule has 148 valence electrons. The van der Waals surface area contributed by atoms with Crippen LogP contribution in [0.1, 0.15) is 47.5 Å². The third kappa shape index (κ3) is 4.06. The minimum atomic E-state index is -0.459. The van der Waals surface area contributed by atoms with E-state index in [2.05, 4.69) is 21.5 Å². The van der Waals surface area contributed by atoms with Gasteiger partial charge >= 0.3 is 0 Å². The molecule has 0 aliphatic rings. The van der Waals surface area contributed by atoms with Crippen molar-refractivity contribution in [2.75, 3.05) is 0 Å². The van der Waals surface area contributed by atoms with Crippen molar-refractivity contribution in [2.24, 2.45) is 0 Å². The fourth-order valence-corrected chi connectivity index (χ4v) is 3.29. The van der Waals surface area contributed by atoms with Crippen LogP contribution in [-0.2, 0) is 11.2 Å². The number of nitrogens with zero attached hydrogens (tertiary/aromatic N) is 5. The van der Waals surface area contributed by atoms with Crippen molar-refractivity contribution in [3.63, 3.8) is 0 Å². The predicted molar refractivity (Wildman–Crippen MR) is 105 cm³/mol. The first kappa shape index (κ1) is 19.9. The Morgan fingerprint density at radius 2 is 2.17 bits per heavy atom. The molecular weight excluding hydrogens is 372 g/mol. The van der Waals surface area contributed by atoms with Gasteiger partial charge in [0.1, 0.15) is 11.6 Å². The molecule has 9 heteroatoms. The summed E-state index contributed by atoms with van der Waals surface area (Å²) in [5.41, 5.74) is 4.08. The Morgan fingerprint density at radius 3 is 2.86 bits per heavy atom. The predicted octanol–water partition coefficient (Wildman–Crippen LogP) is 2.94. The number of nitro groups is 1. The first-order valence-corrected chi connectivity index (χ1v) is 9.09. The number of nitrogens with one attached hydrogen (secondary N) is 1. The number of non-ortho nitro benzene ring substituents is 1. The van der Waals surface area contributed by atoms with Gasteiger partial charge in [0.25, 0.3) is 5.69 Å². The van der Waals surface area contributed by atoms with Crippen LogP contribution in [0.25, 0.3) is 5.65 Å². The molecule has 0 saturated heterocycles. The second-order valence-corrected chi connectivity index (χ2v) is 6.81. The maximum atomic E-state index is 12.4. The van der Waals surface area contributed by atoms with Crippen molar-refractivity contribution in [2.45, 2.75) is 39.7 Å². The van der Waals surface area contributed by atoms with E-state index in [1.54, 1.807) is 23.6 Å². The number of carbonyl (C=O) groups is 1. The van der Waals surface area contributed by atoms with E-state index in [1.165, 1.54) is 18.3 Å². The first-order chi connectivity index (χ1) is 13.8. The second-order valence-electron chi connectivity index (χ2n) is 6.81. The lowest BCUT2D eigenvalue weighted by atomic mass is 10.0. The summed E-state index contributed by atoms with van der Waals surface area (Å²) < 4.78 is 1.62. The number of aryl methyl sites for hydroxylation is 2. The van der Waals surface area contributed by atoms with Gasteiger partial charge in [0.2, 0.25) is 5.91 Å². The Morgan fingerprint density at radius 1 is 1.41 bits per heavy atom. The summed E-state index contributed by atoms with van der Waals surface area (Å²) in [6.45, 7) is 5.52. The minimum Gasteiger partial charge on any atom is -0.350 e. The van der Waals surface area contributed by atoms with Crippen LogP contribution in [0.2, 0.25) is 0 Å². The molecule has 1 amide bonds.